The molecule has 0 spiro atoms. The molecule has 2 N–H and O–H groups in total. The maximum atomic E-state index is 11.8. The lowest BCUT2D eigenvalue weighted by molar-refractivity contribution is -0.160. The molecule has 1 heterocycles. The summed E-state index contributed by atoms with van der Waals surface area (Å²) in [6.07, 6.45) is 5.98. The van der Waals surface area contributed by atoms with Gasteiger partial charge in [0.05, 0.1) is 6.61 Å². The van der Waals surface area contributed by atoms with Crippen LogP contribution in [0.2, 0.25) is 0 Å². The van der Waals surface area contributed by atoms with E-state index in [9.17, 15) is 19.8 Å². The van der Waals surface area contributed by atoms with Gasteiger partial charge in [-0.25, -0.2) is 9.59 Å². The fourth-order valence-corrected chi connectivity index (χ4v) is 2.94. The Morgan fingerprint density at radius 2 is 2.12 bits per heavy atom. The molecule has 0 unspecified atom stereocenters. The van der Waals surface area contributed by atoms with Gasteiger partial charge in [0.1, 0.15) is 12.7 Å². The zero-order valence-corrected chi connectivity index (χ0v) is 14.8. The number of carbonyl (C=O) groups is 2. The van der Waals surface area contributed by atoms with Crippen LogP contribution in [0.1, 0.15) is 39.5 Å². The summed E-state index contributed by atoms with van der Waals surface area (Å²) in [4.78, 5) is 23.6. The summed E-state index contributed by atoms with van der Waals surface area (Å²) < 4.78 is 10.6. The maximum Gasteiger partial charge on any atom is 0.337 e. The van der Waals surface area contributed by atoms with Gasteiger partial charge in [-0.2, -0.15) is 0 Å². The Labute approximate surface area is 147 Å². The molecule has 2 rings (SSSR count). The molecule has 138 valence electrons. The van der Waals surface area contributed by atoms with Gasteiger partial charge in [0.25, 0.3) is 0 Å². The van der Waals surface area contributed by atoms with Gasteiger partial charge in [0, 0.05) is 17.9 Å². The zero-order chi connectivity index (χ0) is 18.6. The molecule has 1 saturated heterocycles. The Hall–Kier alpha value is -1.92. The van der Waals surface area contributed by atoms with Crippen molar-refractivity contribution in [2.45, 2.75) is 51.2 Å². The van der Waals surface area contributed by atoms with Crippen molar-refractivity contribution in [1.29, 1.82) is 0 Å². The van der Waals surface area contributed by atoms with Crippen molar-refractivity contribution in [3.05, 3.63) is 35.5 Å². The van der Waals surface area contributed by atoms with Crippen molar-refractivity contribution in [2.24, 2.45) is 5.92 Å². The predicted octanol–water partition coefficient (Wildman–Crippen LogP) is 1.82. The normalized spacial score (nSPS) is 24.8. The van der Waals surface area contributed by atoms with Crippen molar-refractivity contribution < 1.29 is 29.3 Å². The Balaban J connectivity index is 2.13. The quantitative estimate of drug-likeness (QED) is 0.456. The van der Waals surface area contributed by atoms with Gasteiger partial charge in [-0.1, -0.05) is 18.7 Å². The van der Waals surface area contributed by atoms with E-state index in [1.807, 2.05) is 12.2 Å². The highest BCUT2D eigenvalue weighted by molar-refractivity contribution is 5.90. The summed E-state index contributed by atoms with van der Waals surface area (Å²) in [5.41, 5.74) is 0.629. The lowest BCUT2D eigenvalue weighted by atomic mass is 9.87. The fraction of sp³-hybridized carbons (Fsp3) is 0.579. The fourth-order valence-electron chi connectivity index (χ4n) is 2.94. The van der Waals surface area contributed by atoms with E-state index in [2.05, 4.69) is 6.58 Å². The van der Waals surface area contributed by atoms with Crippen LogP contribution in [0.5, 0.6) is 0 Å². The molecular formula is C19H26O6. The summed E-state index contributed by atoms with van der Waals surface area (Å²) >= 11 is 0. The average Bonchev–Trinajstić information content (AvgIpc) is 2.81. The van der Waals surface area contributed by atoms with Crippen LogP contribution in [0.3, 0.4) is 0 Å². The Morgan fingerprint density at radius 1 is 1.40 bits per heavy atom. The largest absolute Gasteiger partial charge is 0.459 e. The predicted molar refractivity (Wildman–Crippen MR) is 91.5 cm³/mol. The first kappa shape index (κ1) is 19.4. The van der Waals surface area contributed by atoms with Gasteiger partial charge in [0.2, 0.25) is 0 Å². The number of rotatable bonds is 4. The van der Waals surface area contributed by atoms with Crippen molar-refractivity contribution in [1.82, 2.24) is 0 Å². The van der Waals surface area contributed by atoms with Crippen LogP contribution >= 0.6 is 0 Å². The van der Waals surface area contributed by atoms with E-state index in [0.717, 1.165) is 11.1 Å². The number of aliphatic hydroxyl groups excluding tert-OH is 1. The van der Waals surface area contributed by atoms with Crippen LogP contribution in [0.25, 0.3) is 0 Å². The molecule has 0 bridgehead atoms. The van der Waals surface area contributed by atoms with Crippen LogP contribution in [0.15, 0.2) is 35.5 Å². The summed E-state index contributed by atoms with van der Waals surface area (Å²) in [5.74, 6) is -1.23. The third kappa shape index (κ3) is 5.03. The molecule has 6 nitrogen and oxygen atoms in total. The van der Waals surface area contributed by atoms with Crippen LogP contribution in [0.4, 0.5) is 0 Å². The van der Waals surface area contributed by atoms with Crippen molar-refractivity contribution in [3.63, 3.8) is 0 Å². The third-order valence-electron chi connectivity index (χ3n) is 4.53. The molecular weight excluding hydrogens is 324 g/mol. The second-order valence-corrected chi connectivity index (χ2v) is 7.07. The first-order valence-electron chi connectivity index (χ1n) is 8.48. The van der Waals surface area contributed by atoms with E-state index in [1.165, 1.54) is 13.8 Å². The number of hydrogen-bond donors (Lipinski definition) is 2. The monoisotopic (exact) mass is 350 g/mol. The first-order chi connectivity index (χ1) is 11.7. The molecule has 2 aliphatic rings. The highest BCUT2D eigenvalue weighted by atomic mass is 16.6. The second kappa shape index (κ2) is 7.97. The number of esters is 2. The van der Waals surface area contributed by atoms with Crippen molar-refractivity contribution in [3.8, 4) is 0 Å². The highest BCUT2D eigenvalue weighted by Crippen LogP contribution is 2.34. The van der Waals surface area contributed by atoms with Crippen LogP contribution in [-0.4, -0.2) is 47.1 Å². The summed E-state index contributed by atoms with van der Waals surface area (Å²) in [6.45, 7) is 6.58. The Kier molecular flexibility index (Phi) is 6.19. The van der Waals surface area contributed by atoms with E-state index in [-0.39, 0.29) is 25.2 Å². The van der Waals surface area contributed by atoms with E-state index < -0.39 is 17.5 Å². The van der Waals surface area contributed by atoms with Gasteiger partial charge >= 0.3 is 11.9 Å². The van der Waals surface area contributed by atoms with Crippen LogP contribution in [-0.2, 0) is 19.1 Å². The minimum absolute atomic E-state index is 0.0834. The van der Waals surface area contributed by atoms with E-state index in [4.69, 9.17) is 9.47 Å². The third-order valence-corrected chi connectivity index (χ3v) is 4.53. The smallest absolute Gasteiger partial charge is 0.337 e. The number of ether oxygens (including phenoxy) is 2. The molecule has 0 aromatic carbocycles. The van der Waals surface area contributed by atoms with Crippen LogP contribution < -0.4 is 0 Å². The van der Waals surface area contributed by atoms with Crippen molar-refractivity contribution >= 4 is 11.9 Å². The van der Waals surface area contributed by atoms with Crippen LogP contribution in [0, 0.1) is 5.92 Å². The first-order valence-corrected chi connectivity index (χ1v) is 8.48. The molecule has 1 aliphatic heterocycles. The lowest BCUT2D eigenvalue weighted by Crippen LogP contribution is -2.33. The standard InChI is InChI=1S/C19H26O6/c1-12-15-8-7-13(11-24-18(22)19(2,3)23)5-4-6-14(10-20)9-16(15)25-17(12)21/h6-7,15-16,20,23H,1,4-5,8-11H2,2-3H3/t15-,16+/m0/s1. The molecule has 0 amide bonds. The Morgan fingerprint density at radius 3 is 2.76 bits per heavy atom. The number of carbonyl (C=O) groups excluding carboxylic acids is 2. The van der Waals surface area contributed by atoms with Gasteiger partial charge in [0.15, 0.2) is 5.60 Å². The van der Waals surface area contributed by atoms with Gasteiger partial charge < -0.3 is 19.7 Å². The second-order valence-electron chi connectivity index (χ2n) is 7.07. The number of allylic oxidation sites excluding steroid dienone is 2. The highest BCUT2D eigenvalue weighted by Gasteiger charge is 2.38. The molecule has 0 aromatic rings. The molecule has 0 radical (unpaired) electrons. The molecule has 0 saturated carbocycles. The van der Waals surface area contributed by atoms with E-state index >= 15 is 0 Å². The maximum absolute atomic E-state index is 11.8. The molecule has 2 atom stereocenters. The van der Waals surface area contributed by atoms with Gasteiger partial charge in [-0.05, 0) is 44.3 Å². The Bertz CT molecular complexity index is 608. The topological polar surface area (TPSA) is 93.1 Å². The number of hydrogen-bond acceptors (Lipinski definition) is 6. The number of aliphatic hydroxyl groups is 2. The lowest BCUT2D eigenvalue weighted by Gasteiger charge is -2.20. The van der Waals surface area contributed by atoms with E-state index in [1.54, 1.807) is 0 Å². The van der Waals surface area contributed by atoms with Crippen molar-refractivity contribution in [2.75, 3.05) is 13.2 Å². The molecule has 1 aliphatic carbocycles. The van der Waals surface area contributed by atoms with E-state index in [0.29, 0.717) is 31.3 Å². The zero-order valence-electron chi connectivity index (χ0n) is 14.8. The van der Waals surface area contributed by atoms with Gasteiger partial charge in [-0.15, -0.1) is 0 Å². The molecule has 0 aromatic heterocycles. The van der Waals surface area contributed by atoms with Gasteiger partial charge in [-0.3, -0.25) is 0 Å². The summed E-state index contributed by atoms with van der Waals surface area (Å²) in [6, 6.07) is 0. The molecule has 6 heteroatoms. The summed E-state index contributed by atoms with van der Waals surface area (Å²) in [5, 5.41) is 19.2. The average molecular weight is 350 g/mol. The summed E-state index contributed by atoms with van der Waals surface area (Å²) in [7, 11) is 0. The number of fused-ring (bicyclic) bond motifs is 1. The SMILES string of the molecule is C=C1C(=O)O[C@@H]2CC(CO)=CCCC(COC(=O)C(C)(C)O)=CC[C@@H]12. The molecule has 1 fully saturated rings. The molecule has 25 heavy (non-hydrogen) atoms. The minimum atomic E-state index is -1.54. The minimum Gasteiger partial charge on any atom is -0.459 e.